The Morgan fingerprint density at radius 3 is 2.67 bits per heavy atom. The largest absolute Gasteiger partial charge is 0.466 e. The maximum atomic E-state index is 5.55. The molecule has 0 unspecified atom stereocenters. The molecule has 0 saturated heterocycles. The smallest absolute Gasteiger partial charge is 0.104 e. The lowest BCUT2D eigenvalue weighted by Gasteiger charge is -2.04. The first-order chi connectivity index (χ1) is 5.84. The molecular weight excluding hydrogens is 148 g/mol. The standard InChI is InChI=1S/C11H16O/c1-9-6-7-11(12-9)8-10-4-2-3-5-10/h6-7,10H,2-5,8H2,1H3. The quantitative estimate of drug-likeness (QED) is 0.653. The minimum absolute atomic E-state index is 0.899. The number of hydrogen-bond donors (Lipinski definition) is 0. The van der Waals surface area contributed by atoms with Gasteiger partial charge in [0.05, 0.1) is 0 Å². The lowest BCUT2D eigenvalue weighted by atomic mass is 10.0. The normalized spacial score (nSPS) is 18.8. The molecule has 66 valence electrons. The Morgan fingerprint density at radius 2 is 2.08 bits per heavy atom. The highest BCUT2D eigenvalue weighted by Crippen LogP contribution is 2.28. The number of rotatable bonds is 2. The van der Waals surface area contributed by atoms with Gasteiger partial charge < -0.3 is 4.42 Å². The molecule has 0 radical (unpaired) electrons. The summed E-state index contributed by atoms with van der Waals surface area (Å²) in [6.07, 6.45) is 6.81. The van der Waals surface area contributed by atoms with Crippen molar-refractivity contribution in [3.05, 3.63) is 23.7 Å². The maximum absolute atomic E-state index is 5.55. The molecule has 1 aliphatic rings. The summed E-state index contributed by atoms with van der Waals surface area (Å²) >= 11 is 0. The second-order valence-electron chi connectivity index (χ2n) is 3.87. The monoisotopic (exact) mass is 164 g/mol. The van der Waals surface area contributed by atoms with E-state index in [0.717, 1.165) is 18.1 Å². The minimum Gasteiger partial charge on any atom is -0.466 e. The van der Waals surface area contributed by atoms with Gasteiger partial charge in [0.25, 0.3) is 0 Å². The maximum Gasteiger partial charge on any atom is 0.104 e. The van der Waals surface area contributed by atoms with Crippen LogP contribution in [0.4, 0.5) is 0 Å². The van der Waals surface area contributed by atoms with Gasteiger partial charge in [0.1, 0.15) is 11.5 Å². The van der Waals surface area contributed by atoms with Crippen molar-refractivity contribution in [2.75, 3.05) is 0 Å². The molecule has 1 aliphatic carbocycles. The van der Waals surface area contributed by atoms with E-state index in [4.69, 9.17) is 4.42 Å². The van der Waals surface area contributed by atoms with Gasteiger partial charge in [-0.1, -0.05) is 25.7 Å². The molecule has 1 saturated carbocycles. The molecular formula is C11H16O. The molecule has 1 heterocycles. The second kappa shape index (κ2) is 3.34. The third-order valence-electron chi connectivity index (χ3n) is 2.76. The average molecular weight is 164 g/mol. The van der Waals surface area contributed by atoms with Crippen LogP contribution in [0.1, 0.15) is 37.2 Å². The molecule has 0 amide bonds. The van der Waals surface area contributed by atoms with Crippen molar-refractivity contribution < 1.29 is 4.42 Å². The van der Waals surface area contributed by atoms with Gasteiger partial charge in [0, 0.05) is 6.42 Å². The van der Waals surface area contributed by atoms with Crippen LogP contribution in [0.15, 0.2) is 16.5 Å². The van der Waals surface area contributed by atoms with E-state index in [1.165, 1.54) is 31.4 Å². The molecule has 1 fully saturated rings. The number of furan rings is 1. The average Bonchev–Trinajstić information content (AvgIpc) is 2.63. The molecule has 0 N–H and O–H groups in total. The molecule has 0 spiro atoms. The summed E-state index contributed by atoms with van der Waals surface area (Å²) in [5.41, 5.74) is 0. The van der Waals surface area contributed by atoms with Crippen LogP contribution in [0, 0.1) is 12.8 Å². The van der Waals surface area contributed by atoms with E-state index in [-0.39, 0.29) is 0 Å². The lowest BCUT2D eigenvalue weighted by molar-refractivity contribution is 0.430. The van der Waals surface area contributed by atoms with E-state index in [1.807, 2.05) is 6.92 Å². The fraction of sp³-hybridized carbons (Fsp3) is 0.636. The molecule has 1 aromatic heterocycles. The van der Waals surface area contributed by atoms with Crippen LogP contribution in [0.5, 0.6) is 0 Å². The third kappa shape index (κ3) is 1.71. The first-order valence-electron chi connectivity index (χ1n) is 4.90. The Hall–Kier alpha value is -0.720. The summed E-state index contributed by atoms with van der Waals surface area (Å²) in [4.78, 5) is 0. The summed E-state index contributed by atoms with van der Waals surface area (Å²) in [6.45, 7) is 2.01. The molecule has 1 nitrogen and oxygen atoms in total. The zero-order valence-electron chi connectivity index (χ0n) is 7.68. The zero-order valence-corrected chi connectivity index (χ0v) is 7.68. The fourth-order valence-electron chi connectivity index (χ4n) is 2.09. The molecule has 0 aliphatic heterocycles. The van der Waals surface area contributed by atoms with Gasteiger partial charge in [-0.25, -0.2) is 0 Å². The van der Waals surface area contributed by atoms with Gasteiger partial charge in [-0.15, -0.1) is 0 Å². The zero-order chi connectivity index (χ0) is 8.39. The van der Waals surface area contributed by atoms with E-state index in [9.17, 15) is 0 Å². The predicted octanol–water partition coefficient (Wildman–Crippen LogP) is 3.32. The van der Waals surface area contributed by atoms with E-state index in [2.05, 4.69) is 12.1 Å². The van der Waals surface area contributed by atoms with Crippen LogP contribution in [0.25, 0.3) is 0 Å². The first-order valence-corrected chi connectivity index (χ1v) is 4.90. The van der Waals surface area contributed by atoms with E-state index < -0.39 is 0 Å². The van der Waals surface area contributed by atoms with Gasteiger partial charge in [-0.05, 0) is 25.0 Å². The van der Waals surface area contributed by atoms with Crippen LogP contribution in [-0.2, 0) is 6.42 Å². The van der Waals surface area contributed by atoms with Crippen molar-refractivity contribution in [3.63, 3.8) is 0 Å². The predicted molar refractivity (Wildman–Crippen MR) is 49.1 cm³/mol. The Kier molecular flexibility index (Phi) is 2.20. The SMILES string of the molecule is Cc1ccc(CC2CCCC2)o1. The molecule has 2 rings (SSSR count). The number of aryl methyl sites for hydroxylation is 1. The van der Waals surface area contributed by atoms with Crippen molar-refractivity contribution in [1.29, 1.82) is 0 Å². The van der Waals surface area contributed by atoms with Crippen molar-refractivity contribution in [1.82, 2.24) is 0 Å². The molecule has 1 aromatic rings. The van der Waals surface area contributed by atoms with Crippen molar-refractivity contribution >= 4 is 0 Å². The topological polar surface area (TPSA) is 13.1 Å². The Balaban J connectivity index is 1.94. The van der Waals surface area contributed by atoms with Gasteiger partial charge >= 0.3 is 0 Å². The van der Waals surface area contributed by atoms with E-state index in [1.54, 1.807) is 0 Å². The molecule has 0 bridgehead atoms. The summed E-state index contributed by atoms with van der Waals surface area (Å²) in [7, 11) is 0. The highest BCUT2D eigenvalue weighted by Gasteiger charge is 2.16. The van der Waals surface area contributed by atoms with Crippen molar-refractivity contribution in [3.8, 4) is 0 Å². The highest BCUT2D eigenvalue weighted by molar-refractivity contribution is 5.06. The van der Waals surface area contributed by atoms with Crippen LogP contribution in [0.3, 0.4) is 0 Å². The van der Waals surface area contributed by atoms with E-state index >= 15 is 0 Å². The van der Waals surface area contributed by atoms with Crippen LogP contribution >= 0.6 is 0 Å². The Labute approximate surface area is 73.8 Å². The van der Waals surface area contributed by atoms with Crippen LogP contribution in [0.2, 0.25) is 0 Å². The second-order valence-corrected chi connectivity index (χ2v) is 3.87. The number of hydrogen-bond acceptors (Lipinski definition) is 1. The molecule has 0 atom stereocenters. The van der Waals surface area contributed by atoms with Crippen molar-refractivity contribution in [2.24, 2.45) is 5.92 Å². The summed E-state index contributed by atoms with van der Waals surface area (Å²) in [5.74, 6) is 3.12. The molecule has 1 heteroatoms. The summed E-state index contributed by atoms with van der Waals surface area (Å²) < 4.78 is 5.55. The Morgan fingerprint density at radius 1 is 1.33 bits per heavy atom. The van der Waals surface area contributed by atoms with Gasteiger partial charge in [-0.2, -0.15) is 0 Å². The summed E-state index contributed by atoms with van der Waals surface area (Å²) in [5, 5.41) is 0. The molecule has 12 heavy (non-hydrogen) atoms. The van der Waals surface area contributed by atoms with E-state index in [0.29, 0.717) is 0 Å². The highest BCUT2D eigenvalue weighted by atomic mass is 16.3. The van der Waals surface area contributed by atoms with Crippen molar-refractivity contribution in [2.45, 2.75) is 39.0 Å². The van der Waals surface area contributed by atoms with Gasteiger partial charge in [-0.3, -0.25) is 0 Å². The molecule has 0 aromatic carbocycles. The fourth-order valence-corrected chi connectivity index (χ4v) is 2.09. The van der Waals surface area contributed by atoms with Gasteiger partial charge in [0.15, 0.2) is 0 Å². The lowest BCUT2D eigenvalue weighted by Crippen LogP contribution is -1.96. The van der Waals surface area contributed by atoms with Crippen LogP contribution in [-0.4, -0.2) is 0 Å². The minimum atomic E-state index is 0.899. The first kappa shape index (κ1) is 7.90. The third-order valence-corrected chi connectivity index (χ3v) is 2.76. The summed E-state index contributed by atoms with van der Waals surface area (Å²) in [6, 6.07) is 4.18. The van der Waals surface area contributed by atoms with Crippen LogP contribution < -0.4 is 0 Å². The Bertz CT molecular complexity index is 243. The van der Waals surface area contributed by atoms with Gasteiger partial charge in [0.2, 0.25) is 0 Å².